The summed E-state index contributed by atoms with van der Waals surface area (Å²) in [6, 6.07) is 7.75. The molecule has 1 aromatic heterocycles. The smallest absolute Gasteiger partial charge is 0.191 e. The van der Waals surface area contributed by atoms with Crippen molar-refractivity contribution in [3.63, 3.8) is 0 Å². The first-order chi connectivity index (χ1) is 9.69. The fraction of sp³-hybridized carbons (Fsp3) is 0.286. The average molecular weight is 292 g/mol. The molecule has 0 fully saturated rings. The van der Waals surface area contributed by atoms with Crippen molar-refractivity contribution in [1.82, 2.24) is 20.4 Å². The van der Waals surface area contributed by atoms with Gasteiger partial charge in [-0.2, -0.15) is 5.10 Å². The van der Waals surface area contributed by atoms with Gasteiger partial charge in [-0.1, -0.05) is 29.8 Å². The van der Waals surface area contributed by atoms with E-state index in [0.717, 1.165) is 22.1 Å². The van der Waals surface area contributed by atoms with Gasteiger partial charge in [0.1, 0.15) is 0 Å². The number of hydrogen-bond acceptors (Lipinski definition) is 2. The van der Waals surface area contributed by atoms with E-state index in [1.165, 1.54) is 0 Å². The van der Waals surface area contributed by atoms with Gasteiger partial charge in [-0.15, -0.1) is 0 Å². The molecule has 0 unspecified atom stereocenters. The Labute approximate surface area is 123 Å². The molecule has 0 amide bonds. The summed E-state index contributed by atoms with van der Waals surface area (Å²) >= 11 is 6.12. The number of nitrogens with one attached hydrogen (secondary N) is 2. The number of aryl methyl sites for hydroxylation is 1. The number of hydrogen-bond donors (Lipinski definition) is 2. The van der Waals surface area contributed by atoms with Crippen molar-refractivity contribution in [2.24, 2.45) is 12.0 Å². The normalized spacial score (nSPS) is 11.4. The lowest BCUT2D eigenvalue weighted by molar-refractivity contribution is 0.765. The summed E-state index contributed by atoms with van der Waals surface area (Å²) in [5, 5.41) is 11.3. The van der Waals surface area contributed by atoms with Gasteiger partial charge in [-0.3, -0.25) is 9.67 Å². The summed E-state index contributed by atoms with van der Waals surface area (Å²) in [5.41, 5.74) is 2.15. The summed E-state index contributed by atoms with van der Waals surface area (Å²) in [6.07, 6.45) is 3.79. The summed E-state index contributed by atoms with van der Waals surface area (Å²) in [4.78, 5) is 4.18. The van der Waals surface area contributed by atoms with Crippen LogP contribution in [0.2, 0.25) is 5.02 Å². The molecule has 2 N–H and O–H groups in total. The van der Waals surface area contributed by atoms with Crippen LogP contribution in [0.1, 0.15) is 11.1 Å². The minimum absolute atomic E-state index is 0.631. The van der Waals surface area contributed by atoms with Crippen molar-refractivity contribution in [3.8, 4) is 0 Å². The maximum Gasteiger partial charge on any atom is 0.191 e. The van der Waals surface area contributed by atoms with Crippen molar-refractivity contribution in [3.05, 3.63) is 52.8 Å². The van der Waals surface area contributed by atoms with E-state index in [4.69, 9.17) is 11.6 Å². The minimum Gasteiger partial charge on any atom is -0.352 e. The molecule has 0 atom stereocenters. The van der Waals surface area contributed by atoms with Crippen molar-refractivity contribution in [1.29, 1.82) is 0 Å². The number of rotatable bonds is 4. The van der Waals surface area contributed by atoms with E-state index in [1.807, 2.05) is 43.7 Å². The Morgan fingerprint density at radius 2 is 2.05 bits per heavy atom. The van der Waals surface area contributed by atoms with Gasteiger partial charge in [-0.05, 0) is 11.6 Å². The molecular formula is C14H18ClN5. The molecule has 20 heavy (non-hydrogen) atoms. The van der Waals surface area contributed by atoms with E-state index >= 15 is 0 Å². The second-order valence-electron chi connectivity index (χ2n) is 4.39. The first-order valence-corrected chi connectivity index (χ1v) is 6.72. The Bertz CT molecular complexity index is 591. The van der Waals surface area contributed by atoms with Crippen LogP contribution in [0.25, 0.3) is 0 Å². The van der Waals surface area contributed by atoms with Crippen LogP contribution in [0.3, 0.4) is 0 Å². The molecule has 0 spiro atoms. The van der Waals surface area contributed by atoms with Crippen molar-refractivity contribution >= 4 is 17.6 Å². The quantitative estimate of drug-likeness (QED) is 0.669. The number of benzene rings is 1. The van der Waals surface area contributed by atoms with Crippen LogP contribution in [-0.4, -0.2) is 22.8 Å². The highest BCUT2D eigenvalue weighted by molar-refractivity contribution is 6.31. The van der Waals surface area contributed by atoms with E-state index in [9.17, 15) is 0 Å². The first-order valence-electron chi connectivity index (χ1n) is 6.34. The lowest BCUT2D eigenvalue weighted by Crippen LogP contribution is -2.36. The number of aromatic nitrogens is 2. The molecule has 5 nitrogen and oxygen atoms in total. The highest BCUT2D eigenvalue weighted by atomic mass is 35.5. The molecule has 1 aromatic carbocycles. The van der Waals surface area contributed by atoms with Crippen molar-refractivity contribution < 1.29 is 0 Å². The van der Waals surface area contributed by atoms with Crippen LogP contribution < -0.4 is 10.6 Å². The average Bonchev–Trinajstić information content (AvgIpc) is 2.86. The summed E-state index contributed by atoms with van der Waals surface area (Å²) in [7, 11) is 3.64. The molecule has 0 aliphatic rings. The zero-order chi connectivity index (χ0) is 14.4. The Morgan fingerprint density at radius 3 is 2.70 bits per heavy atom. The molecule has 0 saturated carbocycles. The highest BCUT2D eigenvalue weighted by Gasteiger charge is 2.02. The van der Waals surface area contributed by atoms with E-state index in [0.29, 0.717) is 13.1 Å². The van der Waals surface area contributed by atoms with Crippen LogP contribution in [0.4, 0.5) is 0 Å². The van der Waals surface area contributed by atoms with Gasteiger partial charge in [0.15, 0.2) is 5.96 Å². The summed E-state index contributed by atoms with van der Waals surface area (Å²) in [6.45, 7) is 1.31. The molecule has 0 radical (unpaired) electrons. The Kier molecular flexibility index (Phi) is 5.01. The van der Waals surface area contributed by atoms with Crippen molar-refractivity contribution in [2.75, 3.05) is 7.05 Å². The molecule has 0 aliphatic heterocycles. The first kappa shape index (κ1) is 14.4. The van der Waals surface area contributed by atoms with Crippen LogP contribution in [0.5, 0.6) is 0 Å². The predicted octanol–water partition coefficient (Wildman–Crippen LogP) is 1.94. The monoisotopic (exact) mass is 291 g/mol. The van der Waals surface area contributed by atoms with E-state index in [2.05, 4.69) is 20.7 Å². The van der Waals surface area contributed by atoms with E-state index < -0.39 is 0 Å². The SMILES string of the molecule is CN=C(NCc1cnn(C)c1)NCc1ccccc1Cl. The summed E-state index contributed by atoms with van der Waals surface area (Å²) in [5.74, 6) is 0.730. The van der Waals surface area contributed by atoms with Gasteiger partial charge in [0.05, 0.1) is 6.20 Å². The number of guanidine groups is 1. The van der Waals surface area contributed by atoms with Gasteiger partial charge in [0.25, 0.3) is 0 Å². The maximum absolute atomic E-state index is 6.12. The van der Waals surface area contributed by atoms with Gasteiger partial charge in [0.2, 0.25) is 0 Å². The molecular weight excluding hydrogens is 274 g/mol. The standard InChI is InChI=1S/C14H18ClN5/c1-16-14(17-7-11-8-19-20(2)10-11)18-9-12-5-3-4-6-13(12)15/h3-6,8,10H,7,9H2,1-2H3,(H2,16,17,18). The molecule has 1 heterocycles. The highest BCUT2D eigenvalue weighted by Crippen LogP contribution is 2.14. The molecule has 106 valence electrons. The zero-order valence-electron chi connectivity index (χ0n) is 11.6. The van der Waals surface area contributed by atoms with Crippen LogP contribution in [-0.2, 0) is 20.1 Å². The molecule has 0 saturated heterocycles. The molecule has 6 heteroatoms. The Hall–Kier alpha value is -2.01. The van der Waals surface area contributed by atoms with Crippen molar-refractivity contribution in [2.45, 2.75) is 13.1 Å². The summed E-state index contributed by atoms with van der Waals surface area (Å²) < 4.78 is 1.77. The Balaban J connectivity index is 1.85. The second kappa shape index (κ2) is 6.96. The molecule has 2 rings (SSSR count). The van der Waals surface area contributed by atoms with E-state index in [1.54, 1.807) is 11.7 Å². The third-order valence-electron chi connectivity index (χ3n) is 2.85. The third kappa shape index (κ3) is 3.99. The molecule has 0 aliphatic carbocycles. The number of nitrogens with zero attached hydrogens (tertiary/aromatic N) is 3. The number of aliphatic imine (C=N–C) groups is 1. The molecule has 2 aromatic rings. The fourth-order valence-corrected chi connectivity index (χ4v) is 1.99. The lowest BCUT2D eigenvalue weighted by atomic mass is 10.2. The van der Waals surface area contributed by atoms with Crippen LogP contribution in [0, 0.1) is 0 Å². The van der Waals surface area contributed by atoms with Gasteiger partial charge >= 0.3 is 0 Å². The van der Waals surface area contributed by atoms with Crippen LogP contribution in [0.15, 0.2) is 41.7 Å². The topological polar surface area (TPSA) is 54.2 Å². The third-order valence-corrected chi connectivity index (χ3v) is 3.21. The minimum atomic E-state index is 0.631. The largest absolute Gasteiger partial charge is 0.352 e. The van der Waals surface area contributed by atoms with Gasteiger partial charge < -0.3 is 10.6 Å². The second-order valence-corrected chi connectivity index (χ2v) is 4.80. The van der Waals surface area contributed by atoms with Crippen LogP contribution >= 0.6 is 11.6 Å². The van der Waals surface area contributed by atoms with E-state index in [-0.39, 0.29) is 0 Å². The lowest BCUT2D eigenvalue weighted by Gasteiger charge is -2.12. The van der Waals surface area contributed by atoms with Gasteiger partial charge in [0, 0.05) is 44.0 Å². The number of halogens is 1. The zero-order valence-corrected chi connectivity index (χ0v) is 12.4. The molecule has 0 bridgehead atoms. The fourth-order valence-electron chi connectivity index (χ4n) is 1.79. The maximum atomic E-state index is 6.12. The Morgan fingerprint density at radius 1 is 1.30 bits per heavy atom. The van der Waals surface area contributed by atoms with Gasteiger partial charge in [-0.25, -0.2) is 0 Å². The predicted molar refractivity (Wildman–Crippen MR) is 81.7 cm³/mol.